The zero-order valence-electron chi connectivity index (χ0n) is 10.9. The Morgan fingerprint density at radius 2 is 1.94 bits per heavy atom. The summed E-state index contributed by atoms with van der Waals surface area (Å²) in [5, 5.41) is 9.20. The molecule has 0 N–H and O–H groups in total. The Morgan fingerprint density at radius 3 is 2.56 bits per heavy atom. The molecule has 0 saturated heterocycles. The predicted molar refractivity (Wildman–Crippen MR) is 73.5 cm³/mol. The van der Waals surface area contributed by atoms with Gasteiger partial charge in [0.25, 0.3) is 0 Å². The molecule has 1 saturated carbocycles. The van der Waals surface area contributed by atoms with Crippen LogP contribution in [0, 0.1) is 30.1 Å². The number of aryl methyl sites for hydroxylation is 1. The molecule has 0 aliphatic heterocycles. The molecule has 0 amide bonds. The SMILES string of the molecule is Cc1ccc(S(=O)C2CC(C)CCC2C#N)cc1. The van der Waals surface area contributed by atoms with Crippen molar-refractivity contribution in [1.82, 2.24) is 0 Å². The molecule has 1 aliphatic carbocycles. The molecule has 0 aromatic heterocycles. The van der Waals surface area contributed by atoms with Gasteiger partial charge in [0.2, 0.25) is 0 Å². The first-order chi connectivity index (χ1) is 8.61. The Balaban J connectivity index is 2.21. The summed E-state index contributed by atoms with van der Waals surface area (Å²) in [5.41, 5.74) is 1.17. The standard InChI is InChI=1S/C15H19NOS/c1-11-4-7-14(8-5-11)18(17)15-9-12(2)3-6-13(15)10-16/h4-5,7-8,12-13,15H,3,6,9H2,1-2H3. The smallest absolute Gasteiger partial charge is 0.0668 e. The molecule has 0 radical (unpaired) electrons. The van der Waals surface area contributed by atoms with Crippen LogP contribution < -0.4 is 0 Å². The molecule has 1 aromatic rings. The zero-order valence-corrected chi connectivity index (χ0v) is 11.7. The second-order valence-electron chi connectivity index (χ2n) is 5.30. The monoisotopic (exact) mass is 261 g/mol. The fourth-order valence-electron chi connectivity index (χ4n) is 2.56. The first kappa shape index (κ1) is 13.3. The van der Waals surface area contributed by atoms with Crippen molar-refractivity contribution in [2.75, 3.05) is 0 Å². The molecular formula is C15H19NOS. The van der Waals surface area contributed by atoms with Crippen LogP contribution in [0.4, 0.5) is 0 Å². The summed E-state index contributed by atoms with van der Waals surface area (Å²) in [6.07, 6.45) is 2.87. The number of hydrogen-bond donors (Lipinski definition) is 0. The van der Waals surface area contributed by atoms with Crippen LogP contribution in [0.1, 0.15) is 31.7 Å². The Bertz CT molecular complexity index is 474. The highest BCUT2D eigenvalue weighted by atomic mass is 32.2. The average molecular weight is 261 g/mol. The van der Waals surface area contributed by atoms with Crippen LogP contribution in [0.3, 0.4) is 0 Å². The number of nitrogens with zero attached hydrogens (tertiary/aromatic N) is 1. The van der Waals surface area contributed by atoms with E-state index in [4.69, 9.17) is 0 Å². The first-order valence-electron chi connectivity index (χ1n) is 6.48. The molecule has 2 nitrogen and oxygen atoms in total. The number of nitriles is 1. The number of benzene rings is 1. The Labute approximate surface area is 111 Å². The summed E-state index contributed by atoms with van der Waals surface area (Å²) in [5.74, 6) is 0.525. The van der Waals surface area contributed by atoms with E-state index in [2.05, 4.69) is 13.0 Å². The van der Waals surface area contributed by atoms with Crippen molar-refractivity contribution in [1.29, 1.82) is 5.26 Å². The van der Waals surface area contributed by atoms with E-state index in [1.807, 2.05) is 31.2 Å². The van der Waals surface area contributed by atoms with Gasteiger partial charge in [-0.3, -0.25) is 4.21 Å². The molecule has 0 heterocycles. The van der Waals surface area contributed by atoms with Gasteiger partial charge in [0, 0.05) is 4.90 Å². The Kier molecular flexibility index (Phi) is 4.19. The molecular weight excluding hydrogens is 242 g/mol. The minimum Gasteiger partial charge on any atom is -0.254 e. The van der Waals surface area contributed by atoms with Gasteiger partial charge in [0.05, 0.1) is 28.0 Å². The first-order valence-corrected chi connectivity index (χ1v) is 7.70. The Hall–Kier alpha value is -1.14. The maximum atomic E-state index is 12.6. The second-order valence-corrected chi connectivity index (χ2v) is 6.97. The van der Waals surface area contributed by atoms with E-state index in [9.17, 15) is 9.47 Å². The van der Waals surface area contributed by atoms with Crippen molar-refractivity contribution in [2.24, 2.45) is 11.8 Å². The van der Waals surface area contributed by atoms with Gasteiger partial charge in [-0.2, -0.15) is 5.26 Å². The normalized spacial score (nSPS) is 29.5. The van der Waals surface area contributed by atoms with E-state index in [1.54, 1.807) is 0 Å². The van der Waals surface area contributed by atoms with Gasteiger partial charge in [-0.05, 0) is 44.2 Å². The van der Waals surface area contributed by atoms with Crippen molar-refractivity contribution in [3.05, 3.63) is 29.8 Å². The summed E-state index contributed by atoms with van der Waals surface area (Å²) in [4.78, 5) is 0.861. The minimum atomic E-state index is -1.05. The van der Waals surface area contributed by atoms with E-state index in [-0.39, 0.29) is 11.2 Å². The minimum absolute atomic E-state index is 0.00135. The lowest BCUT2D eigenvalue weighted by atomic mass is 9.83. The van der Waals surface area contributed by atoms with Crippen molar-refractivity contribution >= 4 is 10.8 Å². The third-order valence-corrected chi connectivity index (χ3v) is 5.56. The molecule has 4 unspecified atom stereocenters. The van der Waals surface area contributed by atoms with Gasteiger partial charge >= 0.3 is 0 Å². The quantitative estimate of drug-likeness (QED) is 0.818. The number of hydrogen-bond acceptors (Lipinski definition) is 2. The number of rotatable bonds is 2. The van der Waals surface area contributed by atoms with Crippen LogP contribution in [0.5, 0.6) is 0 Å². The summed E-state index contributed by atoms with van der Waals surface area (Å²) in [6.45, 7) is 4.21. The molecule has 0 bridgehead atoms. The fourth-order valence-corrected chi connectivity index (χ4v) is 4.31. The van der Waals surface area contributed by atoms with Crippen LogP contribution >= 0.6 is 0 Å². The van der Waals surface area contributed by atoms with E-state index in [0.29, 0.717) is 5.92 Å². The van der Waals surface area contributed by atoms with Crippen LogP contribution in [0.25, 0.3) is 0 Å². The lowest BCUT2D eigenvalue weighted by Crippen LogP contribution is -2.31. The van der Waals surface area contributed by atoms with E-state index >= 15 is 0 Å². The molecule has 1 aliphatic rings. The molecule has 96 valence electrons. The average Bonchev–Trinajstić information content (AvgIpc) is 2.39. The molecule has 0 spiro atoms. The third-order valence-electron chi connectivity index (χ3n) is 3.75. The van der Waals surface area contributed by atoms with Crippen LogP contribution in [0.15, 0.2) is 29.2 Å². The molecule has 3 heteroatoms. The predicted octanol–water partition coefficient (Wildman–Crippen LogP) is 3.43. The van der Waals surface area contributed by atoms with Gasteiger partial charge in [0.1, 0.15) is 0 Å². The van der Waals surface area contributed by atoms with Crippen molar-refractivity contribution < 1.29 is 4.21 Å². The van der Waals surface area contributed by atoms with Crippen LogP contribution in [-0.4, -0.2) is 9.46 Å². The fraction of sp³-hybridized carbons (Fsp3) is 0.533. The lowest BCUT2D eigenvalue weighted by Gasteiger charge is -2.30. The second kappa shape index (κ2) is 5.67. The maximum Gasteiger partial charge on any atom is 0.0668 e. The van der Waals surface area contributed by atoms with Gasteiger partial charge < -0.3 is 0 Å². The van der Waals surface area contributed by atoms with Gasteiger partial charge in [-0.1, -0.05) is 24.6 Å². The van der Waals surface area contributed by atoms with E-state index in [1.165, 1.54) is 5.56 Å². The van der Waals surface area contributed by atoms with Crippen LogP contribution in [0.2, 0.25) is 0 Å². The largest absolute Gasteiger partial charge is 0.254 e. The molecule has 4 atom stereocenters. The van der Waals surface area contributed by atoms with E-state index < -0.39 is 10.8 Å². The highest BCUT2D eigenvalue weighted by molar-refractivity contribution is 7.85. The summed E-state index contributed by atoms with van der Waals surface area (Å²) >= 11 is 0. The highest BCUT2D eigenvalue weighted by Crippen LogP contribution is 2.33. The lowest BCUT2D eigenvalue weighted by molar-refractivity contribution is 0.341. The molecule has 1 aromatic carbocycles. The third kappa shape index (κ3) is 2.81. The molecule has 18 heavy (non-hydrogen) atoms. The van der Waals surface area contributed by atoms with Crippen LogP contribution in [-0.2, 0) is 10.8 Å². The zero-order chi connectivity index (χ0) is 13.1. The van der Waals surface area contributed by atoms with Gasteiger partial charge in [-0.15, -0.1) is 0 Å². The topological polar surface area (TPSA) is 40.9 Å². The van der Waals surface area contributed by atoms with Crippen molar-refractivity contribution in [2.45, 2.75) is 43.3 Å². The maximum absolute atomic E-state index is 12.6. The summed E-state index contributed by atoms with van der Waals surface area (Å²) in [6, 6.07) is 10.2. The molecule has 1 fully saturated rings. The molecule has 2 rings (SSSR count). The van der Waals surface area contributed by atoms with Gasteiger partial charge in [-0.25, -0.2) is 0 Å². The summed E-state index contributed by atoms with van der Waals surface area (Å²) in [7, 11) is -1.05. The highest BCUT2D eigenvalue weighted by Gasteiger charge is 2.33. The summed E-state index contributed by atoms with van der Waals surface area (Å²) < 4.78 is 12.6. The van der Waals surface area contributed by atoms with Gasteiger partial charge in [0.15, 0.2) is 0 Å². The van der Waals surface area contributed by atoms with E-state index in [0.717, 1.165) is 24.2 Å². The van der Waals surface area contributed by atoms with Crippen molar-refractivity contribution in [3.8, 4) is 6.07 Å². The van der Waals surface area contributed by atoms with Crippen molar-refractivity contribution in [3.63, 3.8) is 0 Å². The Morgan fingerprint density at radius 1 is 1.28 bits per heavy atom.